The van der Waals surface area contributed by atoms with E-state index in [2.05, 4.69) is 0 Å². The second kappa shape index (κ2) is 4.16. The zero-order valence-corrected chi connectivity index (χ0v) is 12.0. The van der Waals surface area contributed by atoms with E-state index in [4.69, 9.17) is 23.7 Å². The molecule has 4 aliphatic heterocycles. The predicted octanol–water partition coefficient (Wildman–Crippen LogP) is -0.638. The maximum Gasteiger partial charge on any atom is 0.303 e. The summed E-state index contributed by atoms with van der Waals surface area (Å²) in [5.74, 6) is -1.47. The molecule has 8 heteroatoms. The lowest BCUT2D eigenvalue weighted by atomic mass is 10.00. The molecular weight excluding hydrogens is 282 g/mol. The van der Waals surface area contributed by atoms with Gasteiger partial charge in [0.05, 0.1) is 6.54 Å². The molecule has 4 rings (SSSR count). The first-order valence-corrected chi connectivity index (χ1v) is 7.00. The van der Waals surface area contributed by atoms with Crippen LogP contribution in [0.25, 0.3) is 0 Å². The van der Waals surface area contributed by atoms with Gasteiger partial charge in [0, 0.05) is 6.92 Å². The summed E-state index contributed by atoms with van der Waals surface area (Å²) in [6.45, 7) is 5.29. The molecule has 1 amide bonds. The lowest BCUT2D eigenvalue weighted by Gasteiger charge is -2.51. The van der Waals surface area contributed by atoms with Crippen molar-refractivity contribution in [3.63, 3.8) is 0 Å². The Bertz CT molecular complexity index is 507. The largest absolute Gasteiger partial charge is 0.448 e. The average Bonchev–Trinajstić information content (AvgIpc) is 2.85. The van der Waals surface area contributed by atoms with E-state index in [0.29, 0.717) is 6.54 Å². The fraction of sp³-hybridized carbons (Fsp3) is 0.846. The molecule has 0 aliphatic carbocycles. The van der Waals surface area contributed by atoms with Crippen LogP contribution < -0.4 is 0 Å². The van der Waals surface area contributed by atoms with Crippen molar-refractivity contribution < 1.29 is 33.3 Å². The topological polar surface area (TPSA) is 83.5 Å². The number of esters is 1. The quantitative estimate of drug-likeness (QED) is 0.470. The van der Waals surface area contributed by atoms with Crippen molar-refractivity contribution in [3.05, 3.63) is 0 Å². The van der Waals surface area contributed by atoms with Crippen LogP contribution in [-0.4, -0.2) is 66.0 Å². The number of fused-ring (bicyclic) bond motifs is 4. The van der Waals surface area contributed by atoms with Crippen molar-refractivity contribution in [2.45, 2.75) is 63.5 Å². The average molecular weight is 299 g/mol. The van der Waals surface area contributed by atoms with Gasteiger partial charge in [-0.3, -0.25) is 9.59 Å². The van der Waals surface area contributed by atoms with Crippen LogP contribution in [0.15, 0.2) is 0 Å². The van der Waals surface area contributed by atoms with Gasteiger partial charge in [0.1, 0.15) is 18.3 Å². The molecule has 0 bridgehead atoms. The highest BCUT2D eigenvalue weighted by Gasteiger charge is 2.63. The third-order valence-electron chi connectivity index (χ3n) is 4.15. The fourth-order valence-corrected chi connectivity index (χ4v) is 3.33. The normalized spacial score (nSPS) is 46.4. The van der Waals surface area contributed by atoms with Crippen molar-refractivity contribution in [1.29, 1.82) is 0 Å². The van der Waals surface area contributed by atoms with E-state index in [0.717, 1.165) is 0 Å². The van der Waals surface area contributed by atoms with E-state index in [1.807, 2.05) is 13.8 Å². The standard InChI is InChI=1S/C13H17NO7/c1-5(15)17-9-10(16)14-4-6-7(19-11(9)14)8-12(18-6)21-13(2,3)20-8/h6-9,11-12H,4H2,1-3H3/t6-,7+,8-,9-,11-,12-/m1/s1. The van der Waals surface area contributed by atoms with E-state index in [9.17, 15) is 9.59 Å². The van der Waals surface area contributed by atoms with Gasteiger partial charge in [-0.15, -0.1) is 0 Å². The van der Waals surface area contributed by atoms with Crippen molar-refractivity contribution in [2.75, 3.05) is 6.54 Å². The van der Waals surface area contributed by atoms with Gasteiger partial charge in [-0.05, 0) is 13.8 Å². The molecule has 4 fully saturated rings. The van der Waals surface area contributed by atoms with E-state index >= 15 is 0 Å². The molecule has 4 aliphatic rings. The Hall–Kier alpha value is -1.22. The summed E-state index contributed by atoms with van der Waals surface area (Å²) in [7, 11) is 0. The summed E-state index contributed by atoms with van der Waals surface area (Å²) in [4.78, 5) is 24.5. The highest BCUT2D eigenvalue weighted by atomic mass is 16.8. The highest BCUT2D eigenvalue weighted by molar-refractivity contribution is 5.90. The van der Waals surface area contributed by atoms with Gasteiger partial charge in [-0.25, -0.2) is 0 Å². The Kier molecular flexibility index (Phi) is 2.66. The Morgan fingerprint density at radius 1 is 1.29 bits per heavy atom. The first-order valence-electron chi connectivity index (χ1n) is 7.00. The molecule has 116 valence electrons. The zero-order valence-electron chi connectivity index (χ0n) is 12.0. The van der Waals surface area contributed by atoms with E-state index in [1.54, 1.807) is 0 Å². The van der Waals surface area contributed by atoms with Gasteiger partial charge in [-0.2, -0.15) is 0 Å². The molecule has 6 atom stereocenters. The zero-order chi connectivity index (χ0) is 14.9. The summed E-state index contributed by atoms with van der Waals surface area (Å²) in [5.41, 5.74) is 0. The van der Waals surface area contributed by atoms with Gasteiger partial charge >= 0.3 is 5.97 Å². The molecule has 0 unspecified atom stereocenters. The van der Waals surface area contributed by atoms with Crippen LogP contribution in [0.5, 0.6) is 0 Å². The number of ether oxygens (including phenoxy) is 5. The van der Waals surface area contributed by atoms with E-state index in [-0.39, 0.29) is 24.2 Å². The Morgan fingerprint density at radius 3 is 2.76 bits per heavy atom. The number of β-lactam (4-membered cyclic amide) rings is 1. The maximum absolute atomic E-state index is 11.9. The Balaban J connectivity index is 1.50. The third-order valence-corrected chi connectivity index (χ3v) is 4.15. The van der Waals surface area contributed by atoms with Gasteiger partial charge < -0.3 is 28.6 Å². The predicted molar refractivity (Wildman–Crippen MR) is 64.6 cm³/mol. The minimum atomic E-state index is -0.863. The summed E-state index contributed by atoms with van der Waals surface area (Å²) in [5, 5.41) is 0. The second-order valence-corrected chi connectivity index (χ2v) is 6.15. The van der Waals surface area contributed by atoms with Crippen molar-refractivity contribution in [3.8, 4) is 0 Å². The minimum Gasteiger partial charge on any atom is -0.448 e. The number of carbonyl (C=O) groups is 2. The molecule has 0 aromatic heterocycles. The Labute approximate surface area is 121 Å². The highest BCUT2D eigenvalue weighted by Crippen LogP contribution is 2.43. The van der Waals surface area contributed by atoms with Crippen LogP contribution in [0, 0.1) is 0 Å². The SMILES string of the molecule is CC(=O)O[C@@H]1C(=O)N2C[C@H]3O[C@@H]4OC(C)(C)O[C@@H]4[C@H]3O[C@H]12. The molecule has 0 radical (unpaired) electrons. The maximum atomic E-state index is 11.9. The minimum absolute atomic E-state index is 0.253. The number of amides is 1. The number of rotatable bonds is 1. The molecule has 0 aromatic carbocycles. The molecule has 21 heavy (non-hydrogen) atoms. The third kappa shape index (κ3) is 1.90. The lowest BCUT2D eigenvalue weighted by molar-refractivity contribution is -0.282. The first kappa shape index (κ1) is 13.4. The summed E-state index contributed by atoms with van der Waals surface area (Å²) in [6.07, 6.45) is -2.86. The molecular formula is C13H17NO7. The van der Waals surface area contributed by atoms with Crippen LogP contribution in [0.1, 0.15) is 20.8 Å². The van der Waals surface area contributed by atoms with Crippen LogP contribution in [0.4, 0.5) is 0 Å². The summed E-state index contributed by atoms with van der Waals surface area (Å²) in [6, 6.07) is 0. The molecule has 0 spiro atoms. The molecule has 8 nitrogen and oxygen atoms in total. The first-order chi connectivity index (χ1) is 9.85. The number of nitrogens with zero attached hydrogens (tertiary/aromatic N) is 1. The van der Waals surface area contributed by atoms with E-state index in [1.165, 1.54) is 11.8 Å². The number of hydrogen-bond donors (Lipinski definition) is 0. The smallest absolute Gasteiger partial charge is 0.303 e. The van der Waals surface area contributed by atoms with Crippen molar-refractivity contribution in [2.24, 2.45) is 0 Å². The lowest BCUT2D eigenvalue weighted by Crippen LogP contribution is -2.73. The van der Waals surface area contributed by atoms with Crippen LogP contribution in [0.3, 0.4) is 0 Å². The number of carbonyl (C=O) groups excluding carboxylic acids is 2. The second-order valence-electron chi connectivity index (χ2n) is 6.15. The van der Waals surface area contributed by atoms with Gasteiger partial charge in [0.25, 0.3) is 5.91 Å². The van der Waals surface area contributed by atoms with Crippen LogP contribution >= 0.6 is 0 Å². The molecule has 0 aromatic rings. The monoisotopic (exact) mass is 299 g/mol. The number of hydrogen-bond acceptors (Lipinski definition) is 7. The summed E-state index contributed by atoms with van der Waals surface area (Å²) >= 11 is 0. The van der Waals surface area contributed by atoms with Gasteiger partial charge in [0.15, 0.2) is 18.3 Å². The molecule has 4 saturated heterocycles. The van der Waals surface area contributed by atoms with Gasteiger partial charge in [-0.1, -0.05) is 0 Å². The fourth-order valence-electron chi connectivity index (χ4n) is 3.33. The van der Waals surface area contributed by atoms with E-state index < -0.39 is 30.4 Å². The molecule has 0 N–H and O–H groups in total. The molecule has 4 heterocycles. The molecule has 0 saturated carbocycles. The summed E-state index contributed by atoms with van der Waals surface area (Å²) < 4.78 is 28.1. The van der Waals surface area contributed by atoms with Crippen molar-refractivity contribution >= 4 is 11.9 Å². The van der Waals surface area contributed by atoms with Crippen molar-refractivity contribution in [1.82, 2.24) is 4.90 Å². The van der Waals surface area contributed by atoms with Crippen LogP contribution in [0.2, 0.25) is 0 Å². The van der Waals surface area contributed by atoms with Crippen LogP contribution in [-0.2, 0) is 33.3 Å². The van der Waals surface area contributed by atoms with Gasteiger partial charge in [0.2, 0.25) is 6.10 Å². The Morgan fingerprint density at radius 2 is 2.05 bits per heavy atom.